The molecule has 0 N–H and O–H groups in total. The maximum Gasteiger partial charge on any atom is 0.308 e. The quantitative estimate of drug-likeness (QED) is 0.652. The number of rotatable bonds is 4. The van der Waals surface area contributed by atoms with Crippen molar-refractivity contribution in [3.05, 3.63) is 71.9 Å². The van der Waals surface area contributed by atoms with E-state index < -0.39 is 0 Å². The first-order chi connectivity index (χ1) is 13.7. The number of benzene rings is 2. The molecule has 0 atom stereocenters. The van der Waals surface area contributed by atoms with Crippen molar-refractivity contribution < 1.29 is 14.3 Å². The number of amides is 1. The number of hydrogen-bond donors (Lipinski definition) is 0. The molecule has 5 heteroatoms. The van der Waals surface area contributed by atoms with Gasteiger partial charge in [0.15, 0.2) is 0 Å². The molecule has 144 valence electrons. The lowest BCUT2D eigenvalue weighted by Gasteiger charge is -2.30. The van der Waals surface area contributed by atoms with Crippen LogP contribution in [0.5, 0.6) is 0 Å². The fraction of sp³-hybridized carbons (Fsp3) is 0.304. The van der Waals surface area contributed by atoms with E-state index in [9.17, 15) is 9.59 Å². The van der Waals surface area contributed by atoms with Gasteiger partial charge in [-0.1, -0.05) is 48.5 Å². The molecule has 1 aliphatic heterocycles. The number of aromatic nitrogens is 1. The maximum absolute atomic E-state index is 13.2. The minimum atomic E-state index is -0.174. The van der Waals surface area contributed by atoms with Crippen molar-refractivity contribution in [2.75, 3.05) is 20.2 Å². The van der Waals surface area contributed by atoms with E-state index in [1.54, 1.807) is 0 Å². The summed E-state index contributed by atoms with van der Waals surface area (Å²) in [5.74, 6) is -0.244. The molecule has 0 unspecified atom stereocenters. The first-order valence-corrected chi connectivity index (χ1v) is 9.66. The molecule has 1 aliphatic rings. The molecule has 5 nitrogen and oxygen atoms in total. The molecule has 28 heavy (non-hydrogen) atoms. The Morgan fingerprint density at radius 2 is 1.68 bits per heavy atom. The third kappa shape index (κ3) is 3.52. The summed E-state index contributed by atoms with van der Waals surface area (Å²) in [6.45, 7) is 1.88. The van der Waals surface area contributed by atoms with Crippen LogP contribution in [-0.2, 0) is 16.1 Å². The standard InChI is InChI=1S/C23H24N2O3/c1-28-23(27)18-11-13-24(14-12-18)22(26)20-16-25(15-17-7-3-2-4-8-17)21-10-6-5-9-19(20)21/h2-10,16,18H,11-15H2,1H3. The molecule has 4 rings (SSSR count). The minimum Gasteiger partial charge on any atom is -0.469 e. The number of piperidine rings is 1. The first kappa shape index (κ1) is 18.3. The van der Waals surface area contributed by atoms with Gasteiger partial charge in [0.2, 0.25) is 0 Å². The summed E-state index contributed by atoms with van der Waals surface area (Å²) < 4.78 is 6.98. The van der Waals surface area contributed by atoms with Gasteiger partial charge in [0.05, 0.1) is 18.6 Å². The monoisotopic (exact) mass is 376 g/mol. The van der Waals surface area contributed by atoms with Crippen molar-refractivity contribution in [1.29, 1.82) is 0 Å². The number of nitrogens with zero attached hydrogens (tertiary/aromatic N) is 2. The van der Waals surface area contributed by atoms with Crippen LogP contribution in [0.15, 0.2) is 60.8 Å². The lowest BCUT2D eigenvalue weighted by atomic mass is 9.96. The molecule has 1 fully saturated rings. The van der Waals surface area contributed by atoms with E-state index >= 15 is 0 Å². The maximum atomic E-state index is 13.2. The van der Waals surface area contributed by atoms with Crippen molar-refractivity contribution in [1.82, 2.24) is 9.47 Å². The number of fused-ring (bicyclic) bond motifs is 1. The third-order valence-corrected chi connectivity index (χ3v) is 5.53. The molecule has 2 aromatic carbocycles. The van der Waals surface area contributed by atoms with Gasteiger partial charge in [0, 0.05) is 36.7 Å². The highest BCUT2D eigenvalue weighted by atomic mass is 16.5. The number of ether oxygens (including phenoxy) is 1. The predicted octanol–water partition coefficient (Wildman–Crippen LogP) is 3.71. The minimum absolute atomic E-state index is 0.0336. The molecule has 0 bridgehead atoms. The van der Waals surface area contributed by atoms with Crippen molar-refractivity contribution in [2.45, 2.75) is 19.4 Å². The summed E-state index contributed by atoms with van der Waals surface area (Å²) in [5, 5.41) is 0.971. The fourth-order valence-corrected chi connectivity index (χ4v) is 3.98. The number of para-hydroxylation sites is 1. The number of carbonyl (C=O) groups excluding carboxylic acids is 2. The van der Waals surface area contributed by atoms with E-state index in [2.05, 4.69) is 22.8 Å². The van der Waals surface area contributed by atoms with E-state index in [0.717, 1.165) is 23.0 Å². The number of carbonyl (C=O) groups is 2. The molecule has 0 aliphatic carbocycles. The number of methoxy groups -OCH3 is 1. The summed E-state index contributed by atoms with van der Waals surface area (Å²) in [7, 11) is 1.42. The Hall–Kier alpha value is -3.08. The lowest BCUT2D eigenvalue weighted by molar-refractivity contribution is -0.146. The molecule has 1 saturated heterocycles. The average molecular weight is 376 g/mol. The Labute approximate surface area is 164 Å². The molecular formula is C23H24N2O3. The van der Waals surface area contributed by atoms with Gasteiger partial charge < -0.3 is 14.2 Å². The van der Waals surface area contributed by atoms with Gasteiger partial charge in [0.25, 0.3) is 5.91 Å². The van der Waals surface area contributed by atoms with Crippen LogP contribution in [0.4, 0.5) is 0 Å². The van der Waals surface area contributed by atoms with E-state index in [4.69, 9.17) is 4.74 Å². The molecule has 0 radical (unpaired) electrons. The van der Waals surface area contributed by atoms with Gasteiger partial charge in [-0.3, -0.25) is 9.59 Å². The largest absolute Gasteiger partial charge is 0.469 e. The van der Waals surface area contributed by atoms with Crippen molar-refractivity contribution in [3.8, 4) is 0 Å². The Morgan fingerprint density at radius 1 is 1.00 bits per heavy atom. The topological polar surface area (TPSA) is 51.5 Å². The first-order valence-electron chi connectivity index (χ1n) is 9.66. The van der Waals surface area contributed by atoms with Crippen LogP contribution in [-0.4, -0.2) is 41.5 Å². The molecule has 1 amide bonds. The zero-order valence-electron chi connectivity index (χ0n) is 16.0. The number of esters is 1. The molecule has 3 aromatic rings. The van der Waals surface area contributed by atoms with Gasteiger partial charge in [-0.05, 0) is 24.5 Å². The highest BCUT2D eigenvalue weighted by Crippen LogP contribution is 2.26. The molecule has 0 spiro atoms. The van der Waals surface area contributed by atoms with Crippen LogP contribution in [0, 0.1) is 5.92 Å². The Morgan fingerprint density at radius 3 is 2.39 bits per heavy atom. The highest BCUT2D eigenvalue weighted by Gasteiger charge is 2.29. The van der Waals surface area contributed by atoms with Crippen LogP contribution in [0.2, 0.25) is 0 Å². The van der Waals surface area contributed by atoms with Gasteiger partial charge in [-0.2, -0.15) is 0 Å². The van der Waals surface area contributed by atoms with E-state index in [-0.39, 0.29) is 17.8 Å². The molecule has 0 saturated carbocycles. The molecule has 1 aromatic heterocycles. The zero-order chi connectivity index (χ0) is 19.5. The highest BCUT2D eigenvalue weighted by molar-refractivity contribution is 6.07. The van der Waals surface area contributed by atoms with Crippen LogP contribution < -0.4 is 0 Å². The second kappa shape index (κ2) is 7.89. The van der Waals surface area contributed by atoms with Crippen LogP contribution in [0.3, 0.4) is 0 Å². The van der Waals surface area contributed by atoms with Gasteiger partial charge in [-0.25, -0.2) is 0 Å². The number of hydrogen-bond acceptors (Lipinski definition) is 3. The second-order valence-corrected chi connectivity index (χ2v) is 7.26. The third-order valence-electron chi connectivity index (χ3n) is 5.53. The summed E-state index contributed by atoms with van der Waals surface area (Å²) in [4.78, 5) is 26.8. The average Bonchev–Trinajstić information content (AvgIpc) is 3.12. The second-order valence-electron chi connectivity index (χ2n) is 7.26. The molecule has 2 heterocycles. The Kier molecular flexibility index (Phi) is 5.15. The summed E-state index contributed by atoms with van der Waals surface area (Å²) in [5.41, 5.74) is 2.98. The predicted molar refractivity (Wildman–Crippen MR) is 108 cm³/mol. The van der Waals surface area contributed by atoms with E-state index in [1.807, 2.05) is 47.5 Å². The van der Waals surface area contributed by atoms with Crippen molar-refractivity contribution in [2.24, 2.45) is 5.92 Å². The molecular weight excluding hydrogens is 352 g/mol. The van der Waals surface area contributed by atoms with Crippen molar-refractivity contribution in [3.63, 3.8) is 0 Å². The normalized spacial score (nSPS) is 15.0. The van der Waals surface area contributed by atoms with Gasteiger partial charge in [0.1, 0.15) is 0 Å². The summed E-state index contributed by atoms with van der Waals surface area (Å²) in [6.07, 6.45) is 3.27. The lowest BCUT2D eigenvalue weighted by Crippen LogP contribution is -2.40. The smallest absolute Gasteiger partial charge is 0.308 e. The van der Waals surface area contributed by atoms with Gasteiger partial charge in [-0.15, -0.1) is 0 Å². The Bertz CT molecular complexity index is 986. The zero-order valence-corrected chi connectivity index (χ0v) is 16.0. The summed E-state index contributed by atoms with van der Waals surface area (Å²) >= 11 is 0. The SMILES string of the molecule is COC(=O)C1CCN(C(=O)c2cn(Cc3ccccc3)c3ccccc23)CC1. The summed E-state index contributed by atoms with van der Waals surface area (Å²) in [6, 6.07) is 18.3. The van der Waals surface area contributed by atoms with Crippen LogP contribution in [0.25, 0.3) is 10.9 Å². The van der Waals surface area contributed by atoms with Crippen LogP contribution in [0.1, 0.15) is 28.8 Å². The van der Waals surface area contributed by atoms with Crippen molar-refractivity contribution >= 4 is 22.8 Å². The van der Waals surface area contributed by atoms with Crippen LogP contribution >= 0.6 is 0 Å². The Balaban J connectivity index is 1.59. The van der Waals surface area contributed by atoms with E-state index in [0.29, 0.717) is 25.9 Å². The van der Waals surface area contributed by atoms with E-state index in [1.165, 1.54) is 12.7 Å². The fourth-order valence-electron chi connectivity index (χ4n) is 3.98. The number of likely N-dealkylation sites (tertiary alicyclic amines) is 1. The van der Waals surface area contributed by atoms with Gasteiger partial charge >= 0.3 is 5.97 Å².